The van der Waals surface area contributed by atoms with Gasteiger partial charge in [-0.25, -0.2) is 8.42 Å². The lowest BCUT2D eigenvalue weighted by atomic mass is 10.3. The topological polar surface area (TPSA) is 89.3 Å². The summed E-state index contributed by atoms with van der Waals surface area (Å²) >= 11 is 0. The maximum atomic E-state index is 10.8. The minimum Gasteiger partial charge on any atom is -0.370 e. The Balaban J connectivity index is 3.64. The van der Waals surface area contributed by atoms with Crippen LogP contribution in [0.5, 0.6) is 0 Å². The zero-order valence-electron chi connectivity index (χ0n) is 7.91. The van der Waals surface area contributed by atoms with Crippen molar-refractivity contribution in [2.45, 2.75) is 19.4 Å². The molecule has 1 unspecified atom stereocenters. The number of hydrogen-bond donors (Lipinski definition) is 2. The number of hydrogen-bond acceptors (Lipinski definition) is 4. The Morgan fingerprint density at radius 1 is 1.54 bits per heavy atom. The predicted octanol–water partition coefficient (Wildman–Crippen LogP) is -1.12. The van der Waals surface area contributed by atoms with Gasteiger partial charge in [-0.15, -0.1) is 0 Å². The molecule has 0 bridgehead atoms. The molecule has 13 heavy (non-hydrogen) atoms. The molecule has 0 radical (unpaired) electrons. The molecular formula is C7H16N2O3S. The summed E-state index contributed by atoms with van der Waals surface area (Å²) in [7, 11) is -2.95. The highest BCUT2D eigenvalue weighted by atomic mass is 32.2. The number of sulfone groups is 1. The first kappa shape index (κ1) is 12.4. The lowest BCUT2D eigenvalue weighted by Crippen LogP contribution is -2.34. The third-order valence-corrected chi connectivity index (χ3v) is 2.52. The fourth-order valence-corrected chi connectivity index (χ4v) is 1.98. The van der Waals surface area contributed by atoms with Gasteiger partial charge in [0, 0.05) is 25.3 Å². The van der Waals surface area contributed by atoms with Gasteiger partial charge in [-0.3, -0.25) is 4.79 Å². The van der Waals surface area contributed by atoms with Crippen LogP contribution in [-0.4, -0.2) is 38.9 Å². The first-order valence-corrected chi connectivity index (χ1v) is 6.06. The van der Waals surface area contributed by atoms with Crippen LogP contribution < -0.4 is 11.1 Å². The number of amides is 1. The number of primary amides is 1. The zero-order chi connectivity index (χ0) is 10.5. The smallest absolute Gasteiger partial charge is 0.218 e. The molecule has 78 valence electrons. The summed E-state index contributed by atoms with van der Waals surface area (Å²) in [5, 5.41) is 2.89. The van der Waals surface area contributed by atoms with E-state index in [1.54, 1.807) is 6.92 Å². The van der Waals surface area contributed by atoms with Gasteiger partial charge in [0.1, 0.15) is 9.84 Å². The second-order valence-electron chi connectivity index (χ2n) is 3.16. The number of nitrogens with one attached hydrogen (secondary N) is 1. The Bertz CT molecular complexity index is 261. The van der Waals surface area contributed by atoms with Gasteiger partial charge in [-0.05, 0) is 6.92 Å². The van der Waals surface area contributed by atoms with Crippen molar-refractivity contribution in [3.63, 3.8) is 0 Å². The third kappa shape index (κ3) is 9.29. The summed E-state index contributed by atoms with van der Waals surface area (Å²) in [5.74, 6) is -0.315. The molecule has 0 rings (SSSR count). The molecule has 0 spiro atoms. The van der Waals surface area contributed by atoms with Crippen LogP contribution in [0.25, 0.3) is 0 Å². The maximum Gasteiger partial charge on any atom is 0.218 e. The molecule has 0 aliphatic rings. The summed E-state index contributed by atoms with van der Waals surface area (Å²) < 4.78 is 21.6. The van der Waals surface area contributed by atoms with Crippen LogP contribution >= 0.6 is 0 Å². The van der Waals surface area contributed by atoms with Crippen molar-refractivity contribution in [3.8, 4) is 0 Å². The molecule has 0 heterocycles. The van der Waals surface area contributed by atoms with E-state index in [9.17, 15) is 13.2 Å². The third-order valence-electron chi connectivity index (χ3n) is 1.42. The number of carbonyl (C=O) groups is 1. The standard InChI is InChI=1S/C7H16N2O3S/c1-6(5-13(2,11)12)9-4-3-7(8)10/h6,9H,3-5H2,1-2H3,(H2,8,10). The molecule has 0 aromatic carbocycles. The highest BCUT2D eigenvalue weighted by Gasteiger charge is 2.09. The number of carbonyl (C=O) groups excluding carboxylic acids is 1. The summed E-state index contributed by atoms with van der Waals surface area (Å²) in [6, 6.07) is -0.144. The molecule has 3 N–H and O–H groups in total. The number of rotatable bonds is 6. The normalized spacial score (nSPS) is 14.0. The first-order valence-electron chi connectivity index (χ1n) is 4.00. The summed E-state index contributed by atoms with van der Waals surface area (Å²) in [6.07, 6.45) is 1.41. The monoisotopic (exact) mass is 208 g/mol. The van der Waals surface area contributed by atoms with Crippen molar-refractivity contribution in [1.29, 1.82) is 0 Å². The van der Waals surface area contributed by atoms with Crippen LogP contribution in [0.4, 0.5) is 0 Å². The highest BCUT2D eigenvalue weighted by Crippen LogP contribution is 1.89. The summed E-state index contributed by atoms with van der Waals surface area (Å²) in [6.45, 7) is 2.17. The van der Waals surface area contributed by atoms with Gasteiger partial charge in [-0.2, -0.15) is 0 Å². The quantitative estimate of drug-likeness (QED) is 0.579. The predicted molar refractivity (Wildman–Crippen MR) is 51.0 cm³/mol. The van der Waals surface area contributed by atoms with Gasteiger partial charge >= 0.3 is 0 Å². The minimum atomic E-state index is -2.95. The molecule has 0 aliphatic heterocycles. The van der Waals surface area contributed by atoms with E-state index in [4.69, 9.17) is 5.73 Å². The van der Waals surface area contributed by atoms with Crippen LogP contribution in [0, 0.1) is 0 Å². The molecule has 0 aromatic rings. The Kier molecular flexibility index (Phi) is 4.94. The molecule has 0 saturated heterocycles. The Hall–Kier alpha value is -0.620. The van der Waals surface area contributed by atoms with Crippen LogP contribution in [0.1, 0.15) is 13.3 Å². The molecule has 0 aliphatic carbocycles. The lowest BCUT2D eigenvalue weighted by Gasteiger charge is -2.11. The van der Waals surface area contributed by atoms with E-state index in [0.717, 1.165) is 0 Å². The van der Waals surface area contributed by atoms with Gasteiger partial charge in [-0.1, -0.05) is 0 Å². The van der Waals surface area contributed by atoms with E-state index in [1.807, 2.05) is 0 Å². The molecule has 1 amide bonds. The van der Waals surface area contributed by atoms with Crippen LogP contribution in [0.3, 0.4) is 0 Å². The average molecular weight is 208 g/mol. The molecule has 1 atom stereocenters. The zero-order valence-corrected chi connectivity index (χ0v) is 8.73. The van der Waals surface area contributed by atoms with Crippen LogP contribution in [0.15, 0.2) is 0 Å². The van der Waals surface area contributed by atoms with Gasteiger partial charge in [0.25, 0.3) is 0 Å². The van der Waals surface area contributed by atoms with Crippen molar-refractivity contribution < 1.29 is 13.2 Å². The molecule has 5 nitrogen and oxygen atoms in total. The van der Waals surface area contributed by atoms with E-state index in [2.05, 4.69) is 5.32 Å². The number of nitrogens with two attached hydrogens (primary N) is 1. The SMILES string of the molecule is CC(CS(C)(=O)=O)NCCC(N)=O. The van der Waals surface area contributed by atoms with Crippen LogP contribution in [0.2, 0.25) is 0 Å². The average Bonchev–Trinajstić information content (AvgIpc) is 1.81. The fraction of sp³-hybridized carbons (Fsp3) is 0.857. The second kappa shape index (κ2) is 5.18. The van der Waals surface area contributed by atoms with E-state index < -0.39 is 9.84 Å². The Labute approximate surface area is 78.6 Å². The molecular weight excluding hydrogens is 192 g/mol. The van der Waals surface area contributed by atoms with Crippen molar-refractivity contribution >= 4 is 15.7 Å². The lowest BCUT2D eigenvalue weighted by molar-refractivity contribution is -0.117. The van der Waals surface area contributed by atoms with Gasteiger partial charge in [0.05, 0.1) is 5.75 Å². The minimum absolute atomic E-state index is 0.0752. The van der Waals surface area contributed by atoms with Crippen LogP contribution in [-0.2, 0) is 14.6 Å². The largest absolute Gasteiger partial charge is 0.370 e. The Morgan fingerprint density at radius 3 is 2.46 bits per heavy atom. The van der Waals surface area contributed by atoms with E-state index in [1.165, 1.54) is 6.26 Å². The maximum absolute atomic E-state index is 10.8. The van der Waals surface area contributed by atoms with Gasteiger partial charge in [0.15, 0.2) is 0 Å². The fourth-order valence-electron chi connectivity index (χ4n) is 0.955. The molecule has 0 aromatic heterocycles. The first-order chi connectivity index (χ1) is 5.81. The Morgan fingerprint density at radius 2 is 2.08 bits per heavy atom. The van der Waals surface area contributed by atoms with Crippen molar-refractivity contribution in [3.05, 3.63) is 0 Å². The molecule has 6 heteroatoms. The van der Waals surface area contributed by atoms with Gasteiger partial charge in [0.2, 0.25) is 5.91 Å². The van der Waals surface area contributed by atoms with E-state index in [-0.39, 0.29) is 24.1 Å². The molecule has 0 fully saturated rings. The van der Waals surface area contributed by atoms with E-state index in [0.29, 0.717) is 6.54 Å². The second-order valence-corrected chi connectivity index (χ2v) is 5.35. The summed E-state index contributed by atoms with van der Waals surface area (Å²) in [4.78, 5) is 10.3. The highest BCUT2D eigenvalue weighted by molar-refractivity contribution is 7.90. The summed E-state index contributed by atoms with van der Waals surface area (Å²) in [5.41, 5.74) is 4.91. The molecule has 0 saturated carbocycles. The van der Waals surface area contributed by atoms with Crippen molar-refractivity contribution in [2.24, 2.45) is 5.73 Å². The van der Waals surface area contributed by atoms with Crippen molar-refractivity contribution in [2.75, 3.05) is 18.6 Å². The van der Waals surface area contributed by atoms with Gasteiger partial charge < -0.3 is 11.1 Å². The van der Waals surface area contributed by atoms with Crippen molar-refractivity contribution in [1.82, 2.24) is 5.32 Å². The van der Waals surface area contributed by atoms with E-state index >= 15 is 0 Å².